The molecule has 0 spiro atoms. The normalized spacial score (nSPS) is 24.2. The third-order valence-corrected chi connectivity index (χ3v) is 3.58. The molecule has 3 nitrogen and oxygen atoms in total. The second kappa shape index (κ2) is 8.06. The monoisotopic (exact) mass is 242 g/mol. The summed E-state index contributed by atoms with van der Waals surface area (Å²) in [6.07, 6.45) is 6.28. The molecular weight excluding hydrogens is 212 g/mol. The molecule has 0 saturated carbocycles. The van der Waals surface area contributed by atoms with Crippen molar-refractivity contribution < 1.29 is 5.11 Å². The Hall–Kier alpha value is -0.120. The van der Waals surface area contributed by atoms with E-state index in [1.807, 2.05) is 0 Å². The van der Waals surface area contributed by atoms with Crippen molar-refractivity contribution in [1.82, 2.24) is 10.2 Å². The Morgan fingerprint density at radius 1 is 1.35 bits per heavy atom. The van der Waals surface area contributed by atoms with Crippen LogP contribution in [0.1, 0.15) is 52.9 Å². The standard InChI is InChI=1S/C14H30N2O/c1-4-7-13-8-5-6-9-16(13)11-14(17)10-15-12(2)3/h12-15,17H,4-11H2,1-3H3. The average Bonchev–Trinajstić information content (AvgIpc) is 2.29. The van der Waals surface area contributed by atoms with Crippen LogP contribution in [-0.2, 0) is 0 Å². The molecule has 1 rings (SSSR count). The maximum Gasteiger partial charge on any atom is 0.0791 e. The average molecular weight is 242 g/mol. The number of nitrogens with one attached hydrogen (secondary N) is 1. The van der Waals surface area contributed by atoms with Crippen LogP contribution in [0.25, 0.3) is 0 Å². The molecule has 0 aromatic heterocycles. The fraction of sp³-hybridized carbons (Fsp3) is 1.00. The first-order valence-electron chi connectivity index (χ1n) is 7.29. The van der Waals surface area contributed by atoms with Crippen LogP contribution in [0.2, 0.25) is 0 Å². The van der Waals surface area contributed by atoms with Crippen molar-refractivity contribution in [2.24, 2.45) is 0 Å². The van der Waals surface area contributed by atoms with Crippen LogP contribution in [0.3, 0.4) is 0 Å². The van der Waals surface area contributed by atoms with E-state index in [0.29, 0.717) is 18.6 Å². The molecule has 0 aromatic carbocycles. The summed E-state index contributed by atoms with van der Waals surface area (Å²) in [5.74, 6) is 0. The summed E-state index contributed by atoms with van der Waals surface area (Å²) in [4.78, 5) is 2.50. The predicted molar refractivity (Wildman–Crippen MR) is 73.3 cm³/mol. The summed E-state index contributed by atoms with van der Waals surface area (Å²) < 4.78 is 0. The lowest BCUT2D eigenvalue weighted by Crippen LogP contribution is -2.46. The maximum absolute atomic E-state index is 10.0. The lowest BCUT2D eigenvalue weighted by Gasteiger charge is -2.37. The van der Waals surface area contributed by atoms with E-state index < -0.39 is 0 Å². The van der Waals surface area contributed by atoms with Crippen LogP contribution in [0.15, 0.2) is 0 Å². The molecule has 1 aliphatic rings. The zero-order chi connectivity index (χ0) is 12.7. The number of aliphatic hydroxyl groups excluding tert-OH is 1. The van der Waals surface area contributed by atoms with Crippen LogP contribution in [-0.4, -0.2) is 47.8 Å². The van der Waals surface area contributed by atoms with Gasteiger partial charge in [0.25, 0.3) is 0 Å². The zero-order valence-electron chi connectivity index (χ0n) is 11.8. The van der Waals surface area contributed by atoms with Crippen molar-refractivity contribution >= 4 is 0 Å². The van der Waals surface area contributed by atoms with Crippen molar-refractivity contribution in [2.45, 2.75) is 71.1 Å². The third kappa shape index (κ3) is 5.84. The Bertz CT molecular complexity index is 195. The summed E-state index contributed by atoms with van der Waals surface area (Å²) in [5.41, 5.74) is 0. The largest absolute Gasteiger partial charge is 0.390 e. The van der Waals surface area contributed by atoms with Gasteiger partial charge in [0.1, 0.15) is 0 Å². The van der Waals surface area contributed by atoms with Gasteiger partial charge in [-0.15, -0.1) is 0 Å². The molecule has 1 saturated heterocycles. The van der Waals surface area contributed by atoms with Gasteiger partial charge in [0.15, 0.2) is 0 Å². The molecule has 2 N–H and O–H groups in total. The first kappa shape index (κ1) is 14.9. The van der Waals surface area contributed by atoms with E-state index in [9.17, 15) is 5.11 Å². The first-order chi connectivity index (χ1) is 8.13. The molecule has 1 aliphatic heterocycles. The van der Waals surface area contributed by atoms with E-state index in [-0.39, 0.29) is 6.10 Å². The van der Waals surface area contributed by atoms with E-state index in [1.165, 1.54) is 38.6 Å². The predicted octanol–water partition coefficient (Wildman–Crippen LogP) is 2.00. The number of nitrogens with zero attached hydrogens (tertiary/aromatic N) is 1. The summed E-state index contributed by atoms with van der Waals surface area (Å²) in [6.45, 7) is 9.21. The van der Waals surface area contributed by atoms with Gasteiger partial charge in [-0.3, -0.25) is 4.90 Å². The molecule has 1 fully saturated rings. The van der Waals surface area contributed by atoms with Crippen LogP contribution in [0, 0.1) is 0 Å². The molecular formula is C14H30N2O. The van der Waals surface area contributed by atoms with Gasteiger partial charge in [-0.1, -0.05) is 33.6 Å². The highest BCUT2D eigenvalue weighted by atomic mass is 16.3. The summed E-state index contributed by atoms with van der Waals surface area (Å²) >= 11 is 0. The zero-order valence-corrected chi connectivity index (χ0v) is 11.8. The second-order valence-electron chi connectivity index (χ2n) is 5.65. The van der Waals surface area contributed by atoms with Crippen molar-refractivity contribution in [1.29, 1.82) is 0 Å². The van der Waals surface area contributed by atoms with E-state index in [1.54, 1.807) is 0 Å². The van der Waals surface area contributed by atoms with Gasteiger partial charge >= 0.3 is 0 Å². The smallest absolute Gasteiger partial charge is 0.0791 e. The summed E-state index contributed by atoms with van der Waals surface area (Å²) in [7, 11) is 0. The molecule has 0 amide bonds. The molecule has 0 aliphatic carbocycles. The van der Waals surface area contributed by atoms with Crippen molar-refractivity contribution in [3.05, 3.63) is 0 Å². The van der Waals surface area contributed by atoms with Crippen molar-refractivity contribution in [2.75, 3.05) is 19.6 Å². The van der Waals surface area contributed by atoms with Gasteiger partial charge in [0, 0.05) is 25.2 Å². The fourth-order valence-corrected chi connectivity index (χ4v) is 2.67. The summed E-state index contributed by atoms with van der Waals surface area (Å²) in [6, 6.07) is 1.17. The number of aliphatic hydroxyl groups is 1. The lowest BCUT2D eigenvalue weighted by atomic mass is 9.98. The van der Waals surface area contributed by atoms with Crippen LogP contribution < -0.4 is 5.32 Å². The molecule has 0 aromatic rings. The fourth-order valence-electron chi connectivity index (χ4n) is 2.67. The molecule has 102 valence electrons. The Kier molecular flexibility index (Phi) is 7.09. The third-order valence-electron chi connectivity index (χ3n) is 3.58. The second-order valence-corrected chi connectivity index (χ2v) is 5.65. The minimum atomic E-state index is -0.227. The van der Waals surface area contributed by atoms with E-state index >= 15 is 0 Å². The Morgan fingerprint density at radius 3 is 2.76 bits per heavy atom. The van der Waals surface area contributed by atoms with Crippen molar-refractivity contribution in [3.63, 3.8) is 0 Å². The topological polar surface area (TPSA) is 35.5 Å². The number of β-amino-alcohol motifs (C(OH)–C–C–N with tert-alkyl or cyclic N) is 1. The number of piperidine rings is 1. The molecule has 3 heteroatoms. The minimum absolute atomic E-state index is 0.227. The van der Waals surface area contributed by atoms with Gasteiger partial charge < -0.3 is 10.4 Å². The Balaban J connectivity index is 2.30. The lowest BCUT2D eigenvalue weighted by molar-refractivity contribution is 0.0628. The molecule has 0 bridgehead atoms. The van der Waals surface area contributed by atoms with Gasteiger partial charge in [-0.25, -0.2) is 0 Å². The maximum atomic E-state index is 10.0. The van der Waals surface area contributed by atoms with Gasteiger partial charge in [-0.05, 0) is 25.8 Å². The Labute approximate surface area is 107 Å². The van der Waals surface area contributed by atoms with Crippen LogP contribution >= 0.6 is 0 Å². The molecule has 0 radical (unpaired) electrons. The molecule has 2 atom stereocenters. The summed E-state index contributed by atoms with van der Waals surface area (Å²) in [5, 5.41) is 13.3. The minimum Gasteiger partial charge on any atom is -0.390 e. The highest BCUT2D eigenvalue weighted by Gasteiger charge is 2.23. The van der Waals surface area contributed by atoms with Crippen LogP contribution in [0.4, 0.5) is 0 Å². The number of hydrogen-bond donors (Lipinski definition) is 2. The molecule has 17 heavy (non-hydrogen) atoms. The number of likely N-dealkylation sites (tertiary alicyclic amines) is 1. The van der Waals surface area contributed by atoms with Gasteiger partial charge in [0.2, 0.25) is 0 Å². The van der Waals surface area contributed by atoms with Gasteiger partial charge in [-0.2, -0.15) is 0 Å². The van der Waals surface area contributed by atoms with Crippen LogP contribution in [0.5, 0.6) is 0 Å². The van der Waals surface area contributed by atoms with Crippen molar-refractivity contribution in [3.8, 4) is 0 Å². The highest BCUT2D eigenvalue weighted by molar-refractivity contribution is 4.79. The first-order valence-corrected chi connectivity index (χ1v) is 7.29. The number of rotatable bonds is 7. The molecule has 1 heterocycles. The van der Waals surface area contributed by atoms with E-state index in [2.05, 4.69) is 31.0 Å². The van der Waals surface area contributed by atoms with E-state index in [4.69, 9.17) is 0 Å². The quantitative estimate of drug-likeness (QED) is 0.717. The highest BCUT2D eigenvalue weighted by Crippen LogP contribution is 2.20. The molecule has 2 unspecified atom stereocenters. The Morgan fingerprint density at radius 2 is 2.12 bits per heavy atom. The number of hydrogen-bond acceptors (Lipinski definition) is 3. The SMILES string of the molecule is CCCC1CCCCN1CC(O)CNC(C)C. The van der Waals surface area contributed by atoms with Gasteiger partial charge in [0.05, 0.1) is 6.10 Å². The van der Waals surface area contributed by atoms with E-state index in [0.717, 1.165) is 6.54 Å².